The smallest absolute Gasteiger partial charge is 0.262 e. The quantitative estimate of drug-likeness (QED) is 0.889. The van der Waals surface area contributed by atoms with Crippen LogP contribution in [0.15, 0.2) is 36.5 Å². The molecule has 0 spiro atoms. The molecule has 5 heteroatoms. The lowest BCUT2D eigenvalue weighted by Crippen LogP contribution is -2.20. The van der Waals surface area contributed by atoms with Gasteiger partial charge in [-0.3, -0.25) is 4.79 Å². The first-order chi connectivity index (χ1) is 10.5. The second-order valence-corrected chi connectivity index (χ2v) is 5.50. The minimum Gasteiger partial charge on any atom is -0.483 e. The molecule has 0 saturated heterocycles. The van der Waals surface area contributed by atoms with Crippen molar-refractivity contribution in [3.05, 3.63) is 47.7 Å². The standard InChI is InChI=1S/C17H21N3O2/c1-11(2)14-6-4-12(3)8-15(14)22-10-17(21)20-13-5-7-16(18)19-9-13/h4-9,11H,10H2,1-3H3,(H2,18,19)(H,20,21). The monoisotopic (exact) mass is 299 g/mol. The van der Waals surface area contributed by atoms with E-state index in [1.165, 1.54) is 6.20 Å². The van der Waals surface area contributed by atoms with Crippen LogP contribution in [0.5, 0.6) is 5.75 Å². The van der Waals surface area contributed by atoms with Crippen molar-refractivity contribution in [2.75, 3.05) is 17.7 Å². The van der Waals surface area contributed by atoms with Gasteiger partial charge in [-0.25, -0.2) is 4.98 Å². The molecule has 0 aliphatic rings. The number of rotatable bonds is 5. The fourth-order valence-electron chi connectivity index (χ4n) is 2.06. The molecule has 116 valence electrons. The van der Waals surface area contributed by atoms with E-state index in [1.807, 2.05) is 25.1 Å². The molecule has 0 bridgehead atoms. The number of anilines is 2. The molecule has 0 radical (unpaired) electrons. The number of amides is 1. The summed E-state index contributed by atoms with van der Waals surface area (Å²) in [4.78, 5) is 15.9. The number of aryl methyl sites for hydroxylation is 1. The van der Waals surface area contributed by atoms with Crippen molar-refractivity contribution in [2.45, 2.75) is 26.7 Å². The summed E-state index contributed by atoms with van der Waals surface area (Å²) < 4.78 is 5.68. The van der Waals surface area contributed by atoms with Gasteiger partial charge in [-0.05, 0) is 42.2 Å². The third-order valence-corrected chi connectivity index (χ3v) is 3.22. The van der Waals surface area contributed by atoms with Crippen LogP contribution in [-0.2, 0) is 4.79 Å². The van der Waals surface area contributed by atoms with Gasteiger partial charge in [-0.1, -0.05) is 26.0 Å². The molecule has 0 aliphatic carbocycles. The zero-order valence-corrected chi connectivity index (χ0v) is 13.1. The van der Waals surface area contributed by atoms with Crippen molar-refractivity contribution in [3.63, 3.8) is 0 Å². The van der Waals surface area contributed by atoms with Crippen LogP contribution in [-0.4, -0.2) is 17.5 Å². The molecule has 5 nitrogen and oxygen atoms in total. The molecule has 1 aromatic heterocycles. The number of carbonyl (C=O) groups excluding carboxylic acids is 1. The van der Waals surface area contributed by atoms with Gasteiger partial charge < -0.3 is 15.8 Å². The van der Waals surface area contributed by atoms with Crippen LogP contribution in [0.25, 0.3) is 0 Å². The Bertz CT molecular complexity index is 651. The largest absolute Gasteiger partial charge is 0.483 e. The summed E-state index contributed by atoms with van der Waals surface area (Å²) in [5.41, 5.74) is 8.29. The fourth-order valence-corrected chi connectivity index (χ4v) is 2.06. The normalized spacial score (nSPS) is 10.5. The number of nitrogens with two attached hydrogens (primary N) is 1. The number of nitrogens with one attached hydrogen (secondary N) is 1. The molecule has 0 aliphatic heterocycles. The third-order valence-electron chi connectivity index (χ3n) is 3.22. The molecule has 1 amide bonds. The molecule has 2 aromatic rings. The van der Waals surface area contributed by atoms with Gasteiger partial charge in [0.1, 0.15) is 11.6 Å². The third kappa shape index (κ3) is 4.22. The molecule has 0 fully saturated rings. The van der Waals surface area contributed by atoms with Crippen molar-refractivity contribution in [1.29, 1.82) is 0 Å². The summed E-state index contributed by atoms with van der Waals surface area (Å²) in [6.07, 6.45) is 1.51. The van der Waals surface area contributed by atoms with E-state index < -0.39 is 0 Å². The molecule has 2 rings (SSSR count). The molecule has 3 N–H and O–H groups in total. The number of hydrogen-bond acceptors (Lipinski definition) is 4. The number of nitrogens with zero attached hydrogens (tertiary/aromatic N) is 1. The molecule has 0 saturated carbocycles. The van der Waals surface area contributed by atoms with Gasteiger partial charge in [-0.15, -0.1) is 0 Å². The van der Waals surface area contributed by atoms with E-state index in [-0.39, 0.29) is 12.5 Å². The summed E-state index contributed by atoms with van der Waals surface area (Å²) >= 11 is 0. The predicted octanol–water partition coefficient (Wildman–Crippen LogP) is 3.11. The Balaban J connectivity index is 1.99. The topological polar surface area (TPSA) is 77.2 Å². The maximum atomic E-state index is 11.9. The lowest BCUT2D eigenvalue weighted by atomic mass is 10.0. The lowest BCUT2D eigenvalue weighted by molar-refractivity contribution is -0.118. The highest BCUT2D eigenvalue weighted by atomic mass is 16.5. The molecule has 1 aromatic carbocycles. The number of benzene rings is 1. The van der Waals surface area contributed by atoms with Gasteiger partial charge in [-0.2, -0.15) is 0 Å². The van der Waals surface area contributed by atoms with Crippen LogP contribution in [0, 0.1) is 6.92 Å². The predicted molar refractivity (Wildman–Crippen MR) is 88.0 cm³/mol. The van der Waals surface area contributed by atoms with E-state index >= 15 is 0 Å². The Morgan fingerprint density at radius 3 is 2.73 bits per heavy atom. The van der Waals surface area contributed by atoms with E-state index in [0.717, 1.165) is 16.9 Å². The molecule has 22 heavy (non-hydrogen) atoms. The van der Waals surface area contributed by atoms with E-state index in [9.17, 15) is 4.79 Å². The summed E-state index contributed by atoms with van der Waals surface area (Å²) in [6.45, 7) is 6.14. The van der Waals surface area contributed by atoms with Gasteiger partial charge in [0.2, 0.25) is 0 Å². The maximum absolute atomic E-state index is 11.9. The lowest BCUT2D eigenvalue weighted by Gasteiger charge is -2.14. The Morgan fingerprint density at radius 2 is 2.09 bits per heavy atom. The number of aromatic nitrogens is 1. The SMILES string of the molecule is Cc1ccc(C(C)C)c(OCC(=O)Nc2ccc(N)nc2)c1. The highest BCUT2D eigenvalue weighted by Crippen LogP contribution is 2.27. The molecule has 1 heterocycles. The van der Waals surface area contributed by atoms with E-state index in [2.05, 4.69) is 24.1 Å². The average molecular weight is 299 g/mol. The average Bonchev–Trinajstić information content (AvgIpc) is 2.47. The number of ether oxygens (including phenoxy) is 1. The van der Waals surface area contributed by atoms with E-state index in [4.69, 9.17) is 10.5 Å². The van der Waals surface area contributed by atoms with Gasteiger partial charge in [0.15, 0.2) is 6.61 Å². The van der Waals surface area contributed by atoms with Gasteiger partial charge in [0, 0.05) is 0 Å². The van der Waals surface area contributed by atoms with Gasteiger partial charge in [0.05, 0.1) is 11.9 Å². The fraction of sp³-hybridized carbons (Fsp3) is 0.294. The summed E-state index contributed by atoms with van der Waals surface area (Å²) in [5, 5.41) is 2.72. The first-order valence-corrected chi connectivity index (χ1v) is 7.20. The van der Waals surface area contributed by atoms with Crippen molar-refractivity contribution >= 4 is 17.4 Å². The number of pyridine rings is 1. The second-order valence-electron chi connectivity index (χ2n) is 5.50. The van der Waals surface area contributed by atoms with Crippen molar-refractivity contribution in [2.24, 2.45) is 0 Å². The first-order valence-electron chi connectivity index (χ1n) is 7.20. The van der Waals surface area contributed by atoms with Crippen LogP contribution in [0.3, 0.4) is 0 Å². The zero-order valence-electron chi connectivity index (χ0n) is 13.1. The number of hydrogen-bond donors (Lipinski definition) is 2. The summed E-state index contributed by atoms with van der Waals surface area (Å²) in [5.74, 6) is 1.26. The number of nitrogen functional groups attached to an aromatic ring is 1. The maximum Gasteiger partial charge on any atom is 0.262 e. The summed E-state index contributed by atoms with van der Waals surface area (Å²) in [6, 6.07) is 9.37. The van der Waals surface area contributed by atoms with Crippen molar-refractivity contribution in [1.82, 2.24) is 4.98 Å². The van der Waals surface area contributed by atoms with Crippen molar-refractivity contribution in [3.8, 4) is 5.75 Å². The molecular formula is C17H21N3O2. The highest BCUT2D eigenvalue weighted by Gasteiger charge is 2.10. The molecule has 0 unspecified atom stereocenters. The number of carbonyl (C=O) groups is 1. The Morgan fingerprint density at radius 1 is 1.32 bits per heavy atom. The molecular weight excluding hydrogens is 278 g/mol. The molecule has 0 atom stereocenters. The Hall–Kier alpha value is -2.56. The van der Waals surface area contributed by atoms with E-state index in [1.54, 1.807) is 12.1 Å². The Labute approximate surface area is 130 Å². The second kappa shape index (κ2) is 6.93. The van der Waals surface area contributed by atoms with Crippen molar-refractivity contribution < 1.29 is 9.53 Å². The van der Waals surface area contributed by atoms with Crippen LogP contribution < -0.4 is 15.8 Å². The highest BCUT2D eigenvalue weighted by molar-refractivity contribution is 5.91. The zero-order chi connectivity index (χ0) is 16.1. The van der Waals surface area contributed by atoms with Crippen LogP contribution in [0.1, 0.15) is 30.9 Å². The van der Waals surface area contributed by atoms with Gasteiger partial charge >= 0.3 is 0 Å². The van der Waals surface area contributed by atoms with Crippen LogP contribution in [0.2, 0.25) is 0 Å². The minimum atomic E-state index is -0.234. The van der Waals surface area contributed by atoms with E-state index in [0.29, 0.717) is 17.4 Å². The van der Waals surface area contributed by atoms with Gasteiger partial charge in [0.25, 0.3) is 5.91 Å². The first kappa shape index (κ1) is 15.8. The summed E-state index contributed by atoms with van der Waals surface area (Å²) in [7, 11) is 0. The van der Waals surface area contributed by atoms with Crippen LogP contribution in [0.4, 0.5) is 11.5 Å². The van der Waals surface area contributed by atoms with Crippen LogP contribution >= 0.6 is 0 Å². The minimum absolute atomic E-state index is 0.0481. The Kier molecular flexibility index (Phi) is 4.99.